The molecule has 0 radical (unpaired) electrons. The molecule has 0 bridgehead atoms. The van der Waals surface area contributed by atoms with Gasteiger partial charge in [-0.15, -0.1) is 0 Å². The molecular weight excluding hydrogens is 436 g/mol. The Kier molecular flexibility index (Phi) is 6.05. The van der Waals surface area contributed by atoms with Gasteiger partial charge < -0.3 is 20.4 Å². The van der Waals surface area contributed by atoms with E-state index in [0.29, 0.717) is 33.6 Å². The zero-order valence-corrected chi connectivity index (χ0v) is 17.7. The maximum absolute atomic E-state index is 11.3. The first-order valence-corrected chi connectivity index (χ1v) is 10.2. The van der Waals surface area contributed by atoms with E-state index in [1.54, 1.807) is 60.7 Å². The zero-order chi connectivity index (χ0) is 24.2. The lowest BCUT2D eigenvalue weighted by molar-refractivity contribution is 0.0686. The van der Waals surface area contributed by atoms with E-state index in [1.807, 2.05) is 0 Å². The molecule has 0 aliphatic carbocycles. The zero-order valence-electron chi connectivity index (χ0n) is 17.7. The molecule has 0 atom stereocenters. The van der Waals surface area contributed by atoms with Gasteiger partial charge in [0.2, 0.25) is 0 Å². The average molecular weight is 456 g/mol. The van der Waals surface area contributed by atoms with Crippen molar-refractivity contribution in [3.63, 3.8) is 0 Å². The first-order chi connectivity index (χ1) is 16.3. The molecule has 34 heavy (non-hydrogen) atoms. The van der Waals surface area contributed by atoms with E-state index in [-0.39, 0.29) is 22.6 Å². The normalized spacial score (nSPS) is 10.5. The fourth-order valence-electron chi connectivity index (χ4n) is 3.53. The van der Waals surface area contributed by atoms with Crippen molar-refractivity contribution in [1.29, 1.82) is 0 Å². The van der Waals surface area contributed by atoms with E-state index >= 15 is 0 Å². The summed E-state index contributed by atoms with van der Waals surface area (Å²) < 4.78 is 0. The van der Waals surface area contributed by atoms with Gasteiger partial charge in [-0.1, -0.05) is 48.5 Å². The molecule has 0 unspecified atom stereocenters. The fourth-order valence-corrected chi connectivity index (χ4v) is 3.53. The predicted molar refractivity (Wildman–Crippen MR) is 128 cm³/mol. The van der Waals surface area contributed by atoms with Crippen LogP contribution in [0.3, 0.4) is 0 Å². The van der Waals surface area contributed by atoms with Crippen molar-refractivity contribution in [2.75, 3.05) is 10.9 Å². The standard InChI is InChI=1S/C26H20N2O6/c29-23-19(15-5-1-7-17(13-15)25(31)32)9-3-11-21(23)27-28-22-12-4-10-20(24(22)30)16-6-2-8-18(14-16)26(33)34/h1-14,27-30H,(H,31,32)(H,33,34). The molecule has 0 saturated heterocycles. The van der Waals surface area contributed by atoms with Gasteiger partial charge in [0.1, 0.15) is 11.5 Å². The van der Waals surface area contributed by atoms with Crippen LogP contribution < -0.4 is 10.9 Å². The minimum atomic E-state index is -1.07. The van der Waals surface area contributed by atoms with E-state index in [4.69, 9.17) is 0 Å². The van der Waals surface area contributed by atoms with E-state index < -0.39 is 11.9 Å². The predicted octanol–water partition coefficient (Wildman–Crippen LogP) is 5.27. The molecule has 0 spiro atoms. The maximum atomic E-state index is 11.3. The second-order valence-electron chi connectivity index (χ2n) is 7.43. The van der Waals surface area contributed by atoms with Crippen LogP contribution in [0.25, 0.3) is 22.3 Å². The average Bonchev–Trinajstić information content (AvgIpc) is 2.84. The number of aromatic carboxylic acids is 2. The number of hydrogen-bond acceptors (Lipinski definition) is 6. The number of phenolic OH excluding ortho intramolecular Hbond substituents is 2. The van der Waals surface area contributed by atoms with E-state index in [1.165, 1.54) is 24.3 Å². The highest BCUT2D eigenvalue weighted by molar-refractivity contribution is 5.91. The summed E-state index contributed by atoms with van der Waals surface area (Å²) in [7, 11) is 0. The minimum absolute atomic E-state index is 0.0992. The van der Waals surface area contributed by atoms with Crippen LogP contribution >= 0.6 is 0 Å². The van der Waals surface area contributed by atoms with Gasteiger partial charge in [-0.05, 0) is 47.5 Å². The van der Waals surface area contributed by atoms with Gasteiger partial charge in [0.25, 0.3) is 0 Å². The molecule has 8 nitrogen and oxygen atoms in total. The first kappa shape index (κ1) is 22.2. The molecule has 6 N–H and O–H groups in total. The van der Waals surface area contributed by atoms with Crippen molar-refractivity contribution in [3.05, 3.63) is 96.1 Å². The van der Waals surface area contributed by atoms with Crippen molar-refractivity contribution in [3.8, 4) is 33.8 Å². The highest BCUT2D eigenvalue weighted by Crippen LogP contribution is 2.38. The third-order valence-corrected chi connectivity index (χ3v) is 5.24. The van der Waals surface area contributed by atoms with Crippen molar-refractivity contribution in [1.82, 2.24) is 0 Å². The number of carbonyl (C=O) groups is 2. The first-order valence-electron chi connectivity index (χ1n) is 10.2. The lowest BCUT2D eigenvalue weighted by atomic mass is 10.0. The number of carboxylic acid groups (broad SMARTS) is 2. The summed E-state index contributed by atoms with van der Waals surface area (Å²) in [6.07, 6.45) is 0. The number of carboxylic acids is 2. The third kappa shape index (κ3) is 4.46. The summed E-state index contributed by atoms with van der Waals surface area (Å²) in [6.45, 7) is 0. The minimum Gasteiger partial charge on any atom is -0.505 e. The second-order valence-corrected chi connectivity index (χ2v) is 7.43. The summed E-state index contributed by atoms with van der Waals surface area (Å²) in [5.41, 5.74) is 8.43. The third-order valence-electron chi connectivity index (χ3n) is 5.24. The number of rotatable bonds is 7. The maximum Gasteiger partial charge on any atom is 0.335 e. The number of aromatic hydroxyl groups is 2. The van der Waals surface area contributed by atoms with Crippen LogP contribution in [0.15, 0.2) is 84.9 Å². The van der Waals surface area contributed by atoms with Crippen LogP contribution in [0.2, 0.25) is 0 Å². The summed E-state index contributed by atoms with van der Waals surface area (Å²) in [6, 6.07) is 22.4. The van der Waals surface area contributed by atoms with Crippen LogP contribution in [0.4, 0.5) is 11.4 Å². The summed E-state index contributed by atoms with van der Waals surface area (Å²) in [5.74, 6) is -2.35. The SMILES string of the molecule is O=C(O)c1cccc(-c2cccc(NNc3cccc(-c4cccc(C(=O)O)c4)c3O)c2O)c1. The van der Waals surface area contributed by atoms with Gasteiger partial charge in [0, 0.05) is 11.1 Å². The van der Waals surface area contributed by atoms with Crippen LogP contribution in [-0.4, -0.2) is 32.4 Å². The number of anilines is 2. The summed E-state index contributed by atoms with van der Waals surface area (Å²) >= 11 is 0. The lowest BCUT2D eigenvalue weighted by Gasteiger charge is -2.16. The Bertz CT molecular complexity index is 1290. The molecule has 0 saturated carbocycles. The van der Waals surface area contributed by atoms with Crippen LogP contribution in [0, 0.1) is 0 Å². The second kappa shape index (κ2) is 9.25. The molecule has 0 aliphatic rings. The van der Waals surface area contributed by atoms with Gasteiger partial charge in [-0.2, -0.15) is 0 Å². The molecule has 0 aliphatic heterocycles. The monoisotopic (exact) mass is 456 g/mol. The van der Waals surface area contributed by atoms with E-state index in [0.717, 1.165) is 0 Å². The van der Waals surface area contributed by atoms with Crippen LogP contribution in [0.1, 0.15) is 20.7 Å². The van der Waals surface area contributed by atoms with Gasteiger partial charge in [0.15, 0.2) is 0 Å². The largest absolute Gasteiger partial charge is 0.505 e. The van der Waals surface area contributed by atoms with Crippen molar-refractivity contribution in [2.24, 2.45) is 0 Å². The molecule has 170 valence electrons. The van der Waals surface area contributed by atoms with Gasteiger partial charge >= 0.3 is 11.9 Å². The highest BCUT2D eigenvalue weighted by atomic mass is 16.4. The van der Waals surface area contributed by atoms with E-state index in [2.05, 4.69) is 10.9 Å². The molecule has 0 amide bonds. The molecule has 0 fully saturated rings. The fraction of sp³-hybridized carbons (Fsp3) is 0. The molecule has 8 heteroatoms. The summed E-state index contributed by atoms with van der Waals surface area (Å²) in [5, 5.41) is 40.0. The van der Waals surface area contributed by atoms with Gasteiger partial charge in [-0.25, -0.2) is 9.59 Å². The molecular formula is C26H20N2O6. The molecule has 4 rings (SSSR count). The number of phenols is 2. The molecule has 4 aromatic carbocycles. The Balaban J connectivity index is 1.60. The number of hydrazine groups is 1. The Morgan fingerprint density at radius 1 is 0.559 bits per heavy atom. The smallest absolute Gasteiger partial charge is 0.335 e. The molecule has 0 aromatic heterocycles. The highest BCUT2D eigenvalue weighted by Gasteiger charge is 2.14. The Morgan fingerprint density at radius 2 is 0.941 bits per heavy atom. The number of benzene rings is 4. The quantitative estimate of drug-likeness (QED) is 0.163. The van der Waals surface area contributed by atoms with Crippen molar-refractivity contribution >= 4 is 23.3 Å². The number of para-hydroxylation sites is 2. The topological polar surface area (TPSA) is 139 Å². The Hall–Kier alpha value is -4.98. The lowest BCUT2D eigenvalue weighted by Crippen LogP contribution is -2.09. The van der Waals surface area contributed by atoms with Gasteiger partial charge in [-0.3, -0.25) is 10.9 Å². The van der Waals surface area contributed by atoms with Crippen molar-refractivity contribution < 1.29 is 30.0 Å². The molecule has 4 aromatic rings. The number of hydrogen-bond donors (Lipinski definition) is 6. The summed E-state index contributed by atoms with van der Waals surface area (Å²) in [4.78, 5) is 22.5. The van der Waals surface area contributed by atoms with Crippen molar-refractivity contribution in [2.45, 2.75) is 0 Å². The van der Waals surface area contributed by atoms with E-state index in [9.17, 15) is 30.0 Å². The molecule has 0 heterocycles. The number of nitrogens with one attached hydrogen (secondary N) is 2. The van der Waals surface area contributed by atoms with Crippen LogP contribution in [-0.2, 0) is 0 Å². The Labute approximate surface area is 194 Å². The van der Waals surface area contributed by atoms with Gasteiger partial charge in [0.05, 0.1) is 22.5 Å². The Morgan fingerprint density at radius 3 is 1.32 bits per heavy atom. The van der Waals surface area contributed by atoms with Crippen LogP contribution in [0.5, 0.6) is 11.5 Å².